The Hall–Kier alpha value is -1.56. The normalized spacial score (nSPS) is 19.4. The summed E-state index contributed by atoms with van der Waals surface area (Å²) in [6.07, 6.45) is 9.77. The molecule has 1 atom stereocenters. The zero-order chi connectivity index (χ0) is 18.5. The van der Waals surface area contributed by atoms with E-state index >= 15 is 0 Å². The van der Waals surface area contributed by atoms with Gasteiger partial charge >= 0.3 is 0 Å². The van der Waals surface area contributed by atoms with E-state index in [4.69, 9.17) is 0 Å². The number of rotatable bonds is 5. The minimum Gasteiger partial charge on any atom is -0.342 e. The molecule has 2 amide bonds. The average molecular weight is 376 g/mol. The lowest BCUT2D eigenvalue weighted by molar-refractivity contribution is -0.131. The molecule has 1 unspecified atom stereocenters. The highest BCUT2D eigenvalue weighted by molar-refractivity contribution is 8.00. The fourth-order valence-corrected chi connectivity index (χ4v) is 4.74. The highest BCUT2D eigenvalue weighted by Gasteiger charge is 2.26. The lowest BCUT2D eigenvalue weighted by Gasteiger charge is -2.32. The van der Waals surface area contributed by atoms with E-state index < -0.39 is 0 Å². The predicted molar refractivity (Wildman–Crippen MR) is 104 cm³/mol. The lowest BCUT2D eigenvalue weighted by atomic mass is 9.94. The van der Waals surface area contributed by atoms with E-state index in [-0.39, 0.29) is 17.1 Å². The van der Waals surface area contributed by atoms with Gasteiger partial charge in [-0.05, 0) is 44.7 Å². The molecular formula is C20H29N3O2S. The summed E-state index contributed by atoms with van der Waals surface area (Å²) in [5.41, 5.74) is 0.634. The molecule has 0 bridgehead atoms. The van der Waals surface area contributed by atoms with Gasteiger partial charge in [-0.15, -0.1) is 0 Å². The number of thioether (sulfide) groups is 1. The molecule has 3 rings (SSSR count). The van der Waals surface area contributed by atoms with Crippen LogP contribution in [0.2, 0.25) is 0 Å². The zero-order valence-corrected chi connectivity index (χ0v) is 16.6. The van der Waals surface area contributed by atoms with E-state index in [1.807, 2.05) is 35.9 Å². The van der Waals surface area contributed by atoms with Crippen LogP contribution in [-0.2, 0) is 4.79 Å². The average Bonchev–Trinajstić information content (AvgIpc) is 3.22. The quantitative estimate of drug-likeness (QED) is 0.738. The molecule has 2 aliphatic rings. The van der Waals surface area contributed by atoms with E-state index in [0.29, 0.717) is 11.6 Å². The Morgan fingerprint density at radius 2 is 1.85 bits per heavy atom. The Balaban J connectivity index is 1.55. The number of carbonyl (C=O) groups is 2. The third kappa shape index (κ3) is 4.58. The Kier molecular flexibility index (Phi) is 6.57. The van der Waals surface area contributed by atoms with Crippen molar-refractivity contribution < 1.29 is 9.59 Å². The maximum absolute atomic E-state index is 12.7. The number of hydrogen-bond donors (Lipinski definition) is 0. The van der Waals surface area contributed by atoms with E-state index in [2.05, 4.69) is 4.98 Å². The summed E-state index contributed by atoms with van der Waals surface area (Å²) in [7, 11) is 1.93. The Labute approximate surface area is 160 Å². The van der Waals surface area contributed by atoms with Gasteiger partial charge in [0.1, 0.15) is 0 Å². The number of aromatic nitrogens is 1. The number of hydrogen-bond acceptors (Lipinski definition) is 4. The fourth-order valence-electron chi connectivity index (χ4n) is 3.85. The number of pyridine rings is 1. The van der Waals surface area contributed by atoms with Crippen LogP contribution in [0.4, 0.5) is 0 Å². The van der Waals surface area contributed by atoms with Crippen molar-refractivity contribution in [2.75, 3.05) is 20.1 Å². The molecule has 1 saturated heterocycles. The molecule has 2 heterocycles. The molecule has 0 spiro atoms. The van der Waals surface area contributed by atoms with Crippen molar-refractivity contribution in [2.24, 2.45) is 0 Å². The molecule has 26 heavy (non-hydrogen) atoms. The van der Waals surface area contributed by atoms with Crippen LogP contribution in [0.5, 0.6) is 0 Å². The molecule has 0 aromatic carbocycles. The number of carbonyl (C=O) groups excluding carboxylic acids is 2. The number of nitrogens with zero attached hydrogens (tertiary/aromatic N) is 3. The third-order valence-corrected chi connectivity index (χ3v) is 6.53. The van der Waals surface area contributed by atoms with Gasteiger partial charge in [-0.25, -0.2) is 4.98 Å². The Morgan fingerprint density at radius 3 is 2.46 bits per heavy atom. The van der Waals surface area contributed by atoms with Gasteiger partial charge in [0.2, 0.25) is 5.91 Å². The van der Waals surface area contributed by atoms with Crippen LogP contribution in [0.3, 0.4) is 0 Å². The summed E-state index contributed by atoms with van der Waals surface area (Å²) in [4.78, 5) is 33.3. The number of likely N-dealkylation sites (tertiary alicyclic amines) is 1. The van der Waals surface area contributed by atoms with Gasteiger partial charge in [0.15, 0.2) is 0 Å². The second-order valence-electron chi connectivity index (χ2n) is 7.39. The van der Waals surface area contributed by atoms with Crippen molar-refractivity contribution in [3.05, 3.63) is 23.9 Å². The lowest BCUT2D eigenvalue weighted by Crippen LogP contribution is -2.42. The molecule has 1 aromatic rings. The standard InChI is InChI=1S/C20H29N3O2S/c1-15(19(24)22(2)17-8-4-3-5-9-17)26-18-11-10-16(14-21-18)20(25)23-12-6-7-13-23/h10-11,14-15,17H,3-9,12-13H2,1-2H3. The summed E-state index contributed by atoms with van der Waals surface area (Å²) in [5.74, 6) is 0.230. The van der Waals surface area contributed by atoms with Crippen molar-refractivity contribution in [1.82, 2.24) is 14.8 Å². The van der Waals surface area contributed by atoms with Crippen molar-refractivity contribution in [1.29, 1.82) is 0 Å². The zero-order valence-electron chi connectivity index (χ0n) is 15.8. The van der Waals surface area contributed by atoms with E-state index in [0.717, 1.165) is 43.8 Å². The topological polar surface area (TPSA) is 53.5 Å². The van der Waals surface area contributed by atoms with Crippen molar-refractivity contribution in [2.45, 2.75) is 68.2 Å². The first-order valence-corrected chi connectivity index (χ1v) is 10.6. The molecule has 1 saturated carbocycles. The molecule has 2 fully saturated rings. The fraction of sp³-hybridized carbons (Fsp3) is 0.650. The highest BCUT2D eigenvalue weighted by atomic mass is 32.2. The van der Waals surface area contributed by atoms with Gasteiger partial charge < -0.3 is 9.80 Å². The summed E-state index contributed by atoms with van der Waals surface area (Å²) in [6.45, 7) is 3.63. The maximum atomic E-state index is 12.7. The van der Waals surface area contributed by atoms with Gasteiger partial charge in [0.05, 0.1) is 15.8 Å². The first-order valence-electron chi connectivity index (χ1n) is 9.75. The monoisotopic (exact) mass is 375 g/mol. The van der Waals surface area contributed by atoms with Crippen LogP contribution in [0.1, 0.15) is 62.2 Å². The van der Waals surface area contributed by atoms with E-state index in [1.165, 1.54) is 31.0 Å². The summed E-state index contributed by atoms with van der Waals surface area (Å²) in [5, 5.41) is 0.621. The van der Waals surface area contributed by atoms with Crippen molar-refractivity contribution in [3.63, 3.8) is 0 Å². The first kappa shape index (κ1) is 19.2. The Bertz CT molecular complexity index is 622. The number of amides is 2. The van der Waals surface area contributed by atoms with Crippen LogP contribution in [0, 0.1) is 0 Å². The van der Waals surface area contributed by atoms with Gasteiger partial charge in [-0.1, -0.05) is 31.0 Å². The van der Waals surface area contributed by atoms with Gasteiger partial charge in [-0.3, -0.25) is 9.59 Å². The minimum atomic E-state index is -0.172. The van der Waals surface area contributed by atoms with Crippen LogP contribution in [-0.4, -0.2) is 58.0 Å². The summed E-state index contributed by atoms with van der Waals surface area (Å²) >= 11 is 1.47. The van der Waals surface area contributed by atoms with Crippen LogP contribution >= 0.6 is 11.8 Å². The molecular weight excluding hydrogens is 346 g/mol. The van der Waals surface area contributed by atoms with Crippen LogP contribution < -0.4 is 0 Å². The molecule has 6 heteroatoms. The highest BCUT2D eigenvalue weighted by Crippen LogP contribution is 2.27. The second-order valence-corrected chi connectivity index (χ2v) is 8.75. The van der Waals surface area contributed by atoms with Crippen molar-refractivity contribution in [3.8, 4) is 0 Å². The molecule has 1 aromatic heterocycles. The smallest absolute Gasteiger partial charge is 0.255 e. The summed E-state index contributed by atoms with van der Waals surface area (Å²) in [6, 6.07) is 4.07. The van der Waals surface area contributed by atoms with E-state index in [9.17, 15) is 9.59 Å². The van der Waals surface area contributed by atoms with Gasteiger partial charge in [0, 0.05) is 32.4 Å². The Morgan fingerprint density at radius 1 is 1.15 bits per heavy atom. The minimum absolute atomic E-state index is 0.0627. The maximum Gasteiger partial charge on any atom is 0.255 e. The first-order chi connectivity index (χ1) is 12.6. The van der Waals surface area contributed by atoms with Crippen molar-refractivity contribution >= 4 is 23.6 Å². The SMILES string of the molecule is CC(Sc1ccc(C(=O)N2CCCC2)cn1)C(=O)N(C)C1CCCCC1. The van der Waals surface area contributed by atoms with Crippen LogP contribution in [0.15, 0.2) is 23.4 Å². The largest absolute Gasteiger partial charge is 0.342 e. The molecule has 142 valence electrons. The predicted octanol–water partition coefficient (Wildman–Crippen LogP) is 3.59. The second kappa shape index (κ2) is 8.89. The van der Waals surface area contributed by atoms with Gasteiger partial charge in [0.25, 0.3) is 5.91 Å². The molecule has 0 radical (unpaired) electrons. The van der Waals surface area contributed by atoms with Crippen LogP contribution in [0.25, 0.3) is 0 Å². The van der Waals surface area contributed by atoms with E-state index in [1.54, 1.807) is 6.20 Å². The third-order valence-electron chi connectivity index (χ3n) is 5.49. The van der Waals surface area contributed by atoms with Gasteiger partial charge in [-0.2, -0.15) is 0 Å². The molecule has 1 aliphatic carbocycles. The molecule has 5 nitrogen and oxygen atoms in total. The molecule has 0 N–H and O–H groups in total. The molecule has 1 aliphatic heterocycles. The summed E-state index contributed by atoms with van der Waals surface area (Å²) < 4.78 is 0.